The molecular formula is C8H11NO3S. The number of carboxylic acid groups (broad SMARTS) is 1. The molecule has 3 N–H and O–H groups in total. The quantitative estimate of drug-likeness (QED) is 0.741. The highest BCUT2D eigenvalue weighted by atomic mass is 32.2. The predicted octanol–water partition coefficient (Wildman–Crippen LogP) is 0.925. The van der Waals surface area contributed by atoms with Crippen LogP contribution in [0.3, 0.4) is 0 Å². The Morgan fingerprint density at radius 1 is 1.77 bits per heavy atom. The lowest BCUT2D eigenvalue weighted by molar-refractivity contribution is -0.137. The molecule has 0 bridgehead atoms. The van der Waals surface area contributed by atoms with Crippen LogP contribution in [-0.2, 0) is 10.5 Å². The van der Waals surface area contributed by atoms with Gasteiger partial charge in [0.05, 0.1) is 12.0 Å². The monoisotopic (exact) mass is 201 g/mol. The lowest BCUT2D eigenvalue weighted by Crippen LogP contribution is -2.32. The molecule has 1 atom stereocenters. The Morgan fingerprint density at radius 3 is 3.08 bits per heavy atom. The number of nitrogens with two attached hydrogens (primary N) is 1. The molecule has 0 radical (unpaired) electrons. The third-order valence-electron chi connectivity index (χ3n) is 1.44. The highest BCUT2D eigenvalue weighted by Crippen LogP contribution is 2.12. The van der Waals surface area contributed by atoms with E-state index in [0.29, 0.717) is 11.5 Å². The Hall–Kier alpha value is -0.940. The largest absolute Gasteiger partial charge is 0.480 e. The smallest absolute Gasteiger partial charge is 0.321 e. The number of furan rings is 1. The minimum absolute atomic E-state index is 0.399. The molecule has 1 aromatic rings. The average Bonchev–Trinajstić information content (AvgIpc) is 2.56. The second kappa shape index (κ2) is 4.94. The van der Waals surface area contributed by atoms with Gasteiger partial charge in [-0.05, 0) is 12.1 Å². The molecule has 5 heteroatoms. The van der Waals surface area contributed by atoms with Gasteiger partial charge >= 0.3 is 5.97 Å². The van der Waals surface area contributed by atoms with Gasteiger partial charge in [-0.15, -0.1) is 0 Å². The molecule has 0 aliphatic rings. The summed E-state index contributed by atoms with van der Waals surface area (Å²) in [7, 11) is 0. The first kappa shape index (κ1) is 10.1. The normalized spacial score (nSPS) is 12.7. The zero-order valence-corrected chi connectivity index (χ0v) is 7.79. The van der Waals surface area contributed by atoms with Gasteiger partial charge in [0.15, 0.2) is 0 Å². The Balaban J connectivity index is 2.18. The first-order valence-electron chi connectivity index (χ1n) is 3.78. The summed E-state index contributed by atoms with van der Waals surface area (Å²) in [6, 6.07) is 2.85. The summed E-state index contributed by atoms with van der Waals surface area (Å²) in [4.78, 5) is 10.3. The van der Waals surface area contributed by atoms with E-state index in [1.165, 1.54) is 11.8 Å². The number of carbonyl (C=O) groups is 1. The SMILES string of the molecule is N[C@@H](CSCc1ccco1)C(=O)O. The number of hydrogen-bond acceptors (Lipinski definition) is 4. The van der Waals surface area contributed by atoms with Crippen molar-refractivity contribution in [2.45, 2.75) is 11.8 Å². The van der Waals surface area contributed by atoms with Crippen LogP contribution in [0, 0.1) is 0 Å². The van der Waals surface area contributed by atoms with Crippen LogP contribution in [0.4, 0.5) is 0 Å². The van der Waals surface area contributed by atoms with Gasteiger partial charge in [0.2, 0.25) is 0 Å². The van der Waals surface area contributed by atoms with Gasteiger partial charge in [-0.25, -0.2) is 0 Å². The maximum Gasteiger partial charge on any atom is 0.321 e. The summed E-state index contributed by atoms with van der Waals surface area (Å²) in [6.07, 6.45) is 1.59. The van der Waals surface area contributed by atoms with Crippen LogP contribution < -0.4 is 5.73 Å². The van der Waals surface area contributed by atoms with E-state index in [1.807, 2.05) is 6.07 Å². The van der Waals surface area contributed by atoms with E-state index in [0.717, 1.165) is 5.76 Å². The lowest BCUT2D eigenvalue weighted by atomic mass is 10.4. The van der Waals surface area contributed by atoms with E-state index >= 15 is 0 Å². The van der Waals surface area contributed by atoms with Crippen molar-refractivity contribution in [1.29, 1.82) is 0 Å². The average molecular weight is 201 g/mol. The molecule has 0 amide bonds. The molecule has 0 saturated carbocycles. The third-order valence-corrected chi connectivity index (χ3v) is 2.52. The molecule has 1 aromatic heterocycles. The highest BCUT2D eigenvalue weighted by Gasteiger charge is 2.10. The van der Waals surface area contributed by atoms with Crippen LogP contribution in [0.5, 0.6) is 0 Å². The van der Waals surface area contributed by atoms with Crippen LogP contribution in [0.25, 0.3) is 0 Å². The molecule has 1 rings (SSSR count). The summed E-state index contributed by atoms with van der Waals surface area (Å²) >= 11 is 1.45. The number of carboxylic acids is 1. The molecule has 0 aromatic carbocycles. The highest BCUT2D eigenvalue weighted by molar-refractivity contribution is 7.98. The molecule has 72 valence electrons. The summed E-state index contributed by atoms with van der Waals surface area (Å²) in [5, 5.41) is 8.48. The van der Waals surface area contributed by atoms with Gasteiger partial charge in [-0.2, -0.15) is 11.8 Å². The van der Waals surface area contributed by atoms with Crippen LogP contribution in [0.2, 0.25) is 0 Å². The minimum atomic E-state index is -0.966. The Labute approximate surface area is 80.1 Å². The Kier molecular flexibility index (Phi) is 3.85. The van der Waals surface area contributed by atoms with Crippen LogP contribution in [0.1, 0.15) is 5.76 Å². The van der Waals surface area contributed by atoms with Crippen LogP contribution >= 0.6 is 11.8 Å². The van der Waals surface area contributed by atoms with E-state index in [9.17, 15) is 4.79 Å². The molecule has 0 aliphatic carbocycles. The number of aliphatic carboxylic acids is 1. The standard InChI is InChI=1S/C8H11NO3S/c9-7(8(10)11)5-13-4-6-2-1-3-12-6/h1-3,7H,4-5,9H2,(H,10,11)/t7-/m0/s1. The molecule has 0 fully saturated rings. The van der Waals surface area contributed by atoms with E-state index in [2.05, 4.69) is 0 Å². The van der Waals surface area contributed by atoms with Crippen molar-refractivity contribution in [3.8, 4) is 0 Å². The first-order chi connectivity index (χ1) is 6.20. The van der Waals surface area contributed by atoms with E-state index in [4.69, 9.17) is 15.3 Å². The molecule has 0 aliphatic heterocycles. The van der Waals surface area contributed by atoms with Crippen molar-refractivity contribution in [2.24, 2.45) is 5.73 Å². The van der Waals surface area contributed by atoms with E-state index in [1.54, 1.807) is 12.3 Å². The van der Waals surface area contributed by atoms with Crippen LogP contribution in [0.15, 0.2) is 22.8 Å². The maximum absolute atomic E-state index is 10.3. The fourth-order valence-electron chi connectivity index (χ4n) is 0.752. The lowest BCUT2D eigenvalue weighted by Gasteiger charge is -2.03. The van der Waals surface area contributed by atoms with Crippen molar-refractivity contribution >= 4 is 17.7 Å². The van der Waals surface area contributed by atoms with E-state index in [-0.39, 0.29) is 0 Å². The second-order valence-electron chi connectivity index (χ2n) is 2.54. The van der Waals surface area contributed by atoms with Gasteiger partial charge in [-0.3, -0.25) is 4.79 Å². The zero-order chi connectivity index (χ0) is 9.68. The van der Waals surface area contributed by atoms with Gasteiger partial charge < -0.3 is 15.3 Å². The summed E-state index contributed by atoms with van der Waals surface area (Å²) in [5.41, 5.74) is 5.30. The molecule has 0 saturated heterocycles. The minimum Gasteiger partial charge on any atom is -0.480 e. The fourth-order valence-corrected chi connectivity index (χ4v) is 1.63. The number of rotatable bonds is 5. The van der Waals surface area contributed by atoms with Gasteiger partial charge in [0.1, 0.15) is 11.8 Å². The number of hydrogen-bond donors (Lipinski definition) is 2. The van der Waals surface area contributed by atoms with Gasteiger partial charge in [0.25, 0.3) is 0 Å². The second-order valence-corrected chi connectivity index (χ2v) is 3.57. The van der Waals surface area contributed by atoms with Crippen LogP contribution in [-0.4, -0.2) is 22.9 Å². The molecule has 13 heavy (non-hydrogen) atoms. The first-order valence-corrected chi connectivity index (χ1v) is 4.94. The zero-order valence-electron chi connectivity index (χ0n) is 6.97. The van der Waals surface area contributed by atoms with Gasteiger partial charge in [-0.1, -0.05) is 0 Å². The molecule has 0 unspecified atom stereocenters. The van der Waals surface area contributed by atoms with Crippen molar-refractivity contribution < 1.29 is 14.3 Å². The third kappa shape index (κ3) is 3.52. The fraction of sp³-hybridized carbons (Fsp3) is 0.375. The molecule has 0 spiro atoms. The maximum atomic E-state index is 10.3. The Bertz CT molecular complexity index is 260. The topological polar surface area (TPSA) is 76.5 Å². The van der Waals surface area contributed by atoms with Crippen molar-refractivity contribution in [2.75, 3.05) is 5.75 Å². The molecule has 4 nitrogen and oxygen atoms in total. The molecule has 1 heterocycles. The summed E-state index contributed by atoms with van der Waals surface area (Å²) in [5.74, 6) is 0.929. The van der Waals surface area contributed by atoms with E-state index < -0.39 is 12.0 Å². The summed E-state index contributed by atoms with van der Waals surface area (Å²) < 4.78 is 5.07. The predicted molar refractivity (Wildman–Crippen MR) is 50.5 cm³/mol. The van der Waals surface area contributed by atoms with Crippen molar-refractivity contribution in [3.05, 3.63) is 24.2 Å². The van der Waals surface area contributed by atoms with Crippen molar-refractivity contribution in [1.82, 2.24) is 0 Å². The summed E-state index contributed by atoms with van der Waals surface area (Å²) in [6.45, 7) is 0. The Morgan fingerprint density at radius 2 is 2.54 bits per heavy atom. The number of thioether (sulfide) groups is 1. The van der Waals surface area contributed by atoms with Crippen molar-refractivity contribution in [3.63, 3.8) is 0 Å². The molecular weight excluding hydrogens is 190 g/mol. The van der Waals surface area contributed by atoms with Gasteiger partial charge in [0, 0.05) is 5.75 Å².